The Kier molecular flexibility index (Phi) is 10.2. The molecule has 4 nitrogen and oxygen atoms in total. The average Bonchev–Trinajstić information content (AvgIpc) is 2.80. The van der Waals surface area contributed by atoms with E-state index in [1.807, 2.05) is 58.1 Å². The Bertz CT molecular complexity index is 1230. The van der Waals surface area contributed by atoms with E-state index in [2.05, 4.69) is 33.9 Å². The summed E-state index contributed by atoms with van der Waals surface area (Å²) in [5.41, 5.74) is -3.10. The van der Waals surface area contributed by atoms with Crippen molar-refractivity contribution in [3.05, 3.63) is 64.7 Å². The lowest BCUT2D eigenvalue weighted by Gasteiger charge is -2.40. The summed E-state index contributed by atoms with van der Waals surface area (Å²) in [6.07, 6.45) is -10.8. The summed E-state index contributed by atoms with van der Waals surface area (Å²) in [6.45, 7) is 20.7. The second-order valence-electron chi connectivity index (χ2n) is 13.8. The molecular weight excluding hydrogens is 592 g/mol. The number of hydrogen-bond donors (Lipinski definition) is 0. The van der Waals surface area contributed by atoms with E-state index < -0.39 is 57.7 Å². The van der Waals surface area contributed by atoms with Gasteiger partial charge in [0.25, 0.3) is 5.91 Å². The van der Waals surface area contributed by atoms with E-state index in [1.165, 1.54) is 7.05 Å². The molecule has 2 aromatic carbocycles. The highest BCUT2D eigenvalue weighted by molar-refractivity contribution is 6.75. The molecule has 0 saturated heterocycles. The van der Waals surface area contributed by atoms with Gasteiger partial charge in [0.15, 0.2) is 8.32 Å². The summed E-state index contributed by atoms with van der Waals surface area (Å²) in [4.78, 5) is 14.4. The number of carbonyl (C=O) groups excluding carboxylic acids is 1. The van der Waals surface area contributed by atoms with E-state index >= 15 is 0 Å². The number of benzene rings is 2. The molecule has 0 aliphatic carbocycles. The SMILES string of the molecule is CN(CC(O[Si](C)(C)C(C)(C)C)c1cccc(O[Si](C)(C)C(C)(C)C)c1)C(=O)c1cc(C(F)(F)F)cc(C(F)(F)F)c1. The zero-order chi connectivity index (χ0) is 32.7. The third-order valence-corrected chi connectivity index (χ3v) is 17.1. The van der Waals surface area contributed by atoms with E-state index in [1.54, 1.807) is 0 Å². The van der Waals surface area contributed by atoms with Crippen LogP contribution < -0.4 is 4.43 Å². The van der Waals surface area contributed by atoms with E-state index in [0.29, 0.717) is 23.4 Å². The summed E-state index contributed by atoms with van der Waals surface area (Å²) < 4.78 is 93.8. The maximum Gasteiger partial charge on any atom is 0.416 e. The molecule has 1 unspecified atom stereocenters. The van der Waals surface area contributed by atoms with Crippen molar-refractivity contribution < 1.29 is 40.0 Å². The highest BCUT2D eigenvalue weighted by atomic mass is 28.4. The lowest BCUT2D eigenvalue weighted by molar-refractivity contribution is -0.143. The van der Waals surface area contributed by atoms with Crippen LogP contribution in [0, 0.1) is 0 Å². The fourth-order valence-corrected chi connectivity index (χ4v) is 5.90. The predicted octanol–water partition coefficient (Wildman–Crippen LogP) is 9.94. The molecule has 236 valence electrons. The molecular formula is C30H43F6NO3Si2. The maximum absolute atomic E-state index is 13.4. The van der Waals surface area contributed by atoms with Crippen molar-refractivity contribution in [1.29, 1.82) is 0 Å². The van der Waals surface area contributed by atoms with Gasteiger partial charge in [0.05, 0.1) is 17.2 Å². The molecule has 0 spiro atoms. The third-order valence-electron chi connectivity index (χ3n) is 8.27. The standard InChI is InChI=1S/C30H43F6NO3Si2/c1-27(2,3)41(8,9)39-24-14-12-13-20(17-24)25(40-42(10,11)28(4,5)6)19-37(7)26(38)21-15-22(29(31,32)33)18-23(16-21)30(34,35)36/h12-18,25H,19H2,1-11H3. The van der Waals surface area contributed by atoms with Gasteiger partial charge in [-0.15, -0.1) is 0 Å². The second kappa shape index (κ2) is 12.0. The van der Waals surface area contributed by atoms with Gasteiger partial charge in [-0.3, -0.25) is 4.79 Å². The molecule has 42 heavy (non-hydrogen) atoms. The minimum atomic E-state index is -5.06. The normalized spacial score (nSPS) is 14.5. The highest BCUT2D eigenvalue weighted by Crippen LogP contribution is 2.42. The molecule has 12 heteroatoms. The first-order valence-electron chi connectivity index (χ1n) is 13.7. The second-order valence-corrected chi connectivity index (χ2v) is 23.3. The number of nitrogens with zero attached hydrogens (tertiary/aromatic N) is 1. The number of alkyl halides is 6. The largest absolute Gasteiger partial charge is 0.543 e. The smallest absolute Gasteiger partial charge is 0.416 e. The lowest BCUT2D eigenvalue weighted by Crippen LogP contribution is -2.44. The van der Waals surface area contributed by atoms with Crippen molar-refractivity contribution in [1.82, 2.24) is 4.90 Å². The molecule has 1 atom stereocenters. The minimum Gasteiger partial charge on any atom is -0.543 e. The van der Waals surface area contributed by atoms with E-state index in [0.717, 1.165) is 4.90 Å². The van der Waals surface area contributed by atoms with E-state index in [4.69, 9.17) is 8.85 Å². The molecule has 0 N–H and O–H groups in total. The summed E-state index contributed by atoms with van der Waals surface area (Å²) in [7, 11) is -3.32. The first-order chi connectivity index (χ1) is 18.7. The number of rotatable bonds is 8. The topological polar surface area (TPSA) is 38.8 Å². The molecule has 1 amide bonds. The molecule has 0 radical (unpaired) electrons. The van der Waals surface area contributed by atoms with Gasteiger partial charge >= 0.3 is 12.4 Å². The van der Waals surface area contributed by atoms with Gasteiger partial charge in [-0.1, -0.05) is 53.7 Å². The van der Waals surface area contributed by atoms with Gasteiger partial charge in [-0.05, 0) is 72.2 Å². The van der Waals surface area contributed by atoms with Crippen LogP contribution in [0.25, 0.3) is 0 Å². The fourth-order valence-electron chi connectivity index (χ4n) is 3.60. The fraction of sp³-hybridized carbons (Fsp3) is 0.567. The lowest BCUT2D eigenvalue weighted by atomic mass is 10.0. The minimum absolute atomic E-state index is 0.00797. The Morgan fingerprint density at radius 1 is 0.786 bits per heavy atom. The number of carbonyl (C=O) groups is 1. The number of likely N-dealkylation sites (N-methyl/N-ethyl adjacent to an activating group) is 1. The van der Waals surface area contributed by atoms with E-state index in [-0.39, 0.29) is 22.7 Å². The van der Waals surface area contributed by atoms with Crippen molar-refractivity contribution in [2.75, 3.05) is 13.6 Å². The van der Waals surface area contributed by atoms with Crippen molar-refractivity contribution in [3.8, 4) is 5.75 Å². The van der Waals surface area contributed by atoms with Crippen LogP contribution in [-0.2, 0) is 16.8 Å². The Morgan fingerprint density at radius 3 is 1.69 bits per heavy atom. The van der Waals surface area contributed by atoms with Gasteiger partial charge in [0.1, 0.15) is 5.75 Å². The molecule has 0 aliphatic heterocycles. The summed E-state index contributed by atoms with van der Waals surface area (Å²) in [5.74, 6) is -0.353. The summed E-state index contributed by atoms with van der Waals surface area (Å²) in [6, 6.07) is 8.21. The van der Waals surface area contributed by atoms with Gasteiger partial charge in [-0.2, -0.15) is 26.3 Å². The molecule has 0 aliphatic rings. The Morgan fingerprint density at radius 2 is 1.26 bits per heavy atom. The Hall–Kier alpha value is -2.32. The molecule has 0 saturated carbocycles. The monoisotopic (exact) mass is 635 g/mol. The van der Waals surface area contributed by atoms with E-state index in [9.17, 15) is 31.1 Å². The van der Waals surface area contributed by atoms with Crippen molar-refractivity contribution >= 4 is 22.5 Å². The van der Waals surface area contributed by atoms with Crippen LogP contribution in [0.3, 0.4) is 0 Å². The van der Waals surface area contributed by atoms with Crippen LogP contribution in [0.4, 0.5) is 26.3 Å². The highest BCUT2D eigenvalue weighted by Gasteiger charge is 2.42. The van der Waals surface area contributed by atoms with Crippen molar-refractivity contribution in [3.63, 3.8) is 0 Å². The van der Waals surface area contributed by atoms with Gasteiger partial charge in [0, 0.05) is 19.2 Å². The van der Waals surface area contributed by atoms with Crippen LogP contribution in [0.2, 0.25) is 36.3 Å². The van der Waals surface area contributed by atoms with Crippen LogP contribution in [-0.4, -0.2) is 41.0 Å². The zero-order valence-electron chi connectivity index (χ0n) is 26.3. The molecule has 2 aromatic rings. The number of amides is 1. The van der Waals surface area contributed by atoms with Crippen LogP contribution in [0.15, 0.2) is 42.5 Å². The first-order valence-corrected chi connectivity index (χ1v) is 19.5. The van der Waals surface area contributed by atoms with Crippen LogP contribution in [0.1, 0.15) is 74.7 Å². The van der Waals surface area contributed by atoms with Crippen molar-refractivity contribution in [2.45, 2.75) is 96.3 Å². The first kappa shape index (κ1) is 35.9. The molecule has 0 aromatic heterocycles. The van der Waals surface area contributed by atoms with Gasteiger partial charge < -0.3 is 13.8 Å². The van der Waals surface area contributed by atoms with Crippen LogP contribution >= 0.6 is 0 Å². The summed E-state index contributed by atoms with van der Waals surface area (Å²) >= 11 is 0. The van der Waals surface area contributed by atoms with Gasteiger partial charge in [0.2, 0.25) is 8.32 Å². The molecule has 0 heterocycles. The predicted molar refractivity (Wildman–Crippen MR) is 159 cm³/mol. The molecule has 0 bridgehead atoms. The maximum atomic E-state index is 13.4. The molecule has 2 rings (SSSR count). The average molecular weight is 636 g/mol. The Balaban J connectivity index is 2.54. The number of halogens is 6. The number of hydrogen-bond acceptors (Lipinski definition) is 3. The molecule has 0 fully saturated rings. The zero-order valence-corrected chi connectivity index (χ0v) is 28.3. The Labute approximate surface area is 247 Å². The van der Waals surface area contributed by atoms with Gasteiger partial charge in [-0.25, -0.2) is 0 Å². The third kappa shape index (κ3) is 8.85. The summed E-state index contributed by atoms with van der Waals surface area (Å²) in [5, 5.41) is -0.279. The van der Waals surface area contributed by atoms with Crippen LogP contribution in [0.5, 0.6) is 5.75 Å². The van der Waals surface area contributed by atoms with Crippen molar-refractivity contribution in [2.24, 2.45) is 0 Å². The quantitative estimate of drug-likeness (QED) is 0.214.